The standard InChI is InChI=1S/2Ca.Mg.H3O5P.6H/c;;;1-6(2,3)4-5-6;;;;;;/h;;;1-3H;;;;;;. The summed E-state index contributed by atoms with van der Waals surface area (Å²) in [7, 11) is -4.80. The van der Waals surface area contributed by atoms with Gasteiger partial charge in [-0.25, -0.2) is 0 Å². The molecule has 1 aliphatic heterocycles. The van der Waals surface area contributed by atoms with Crippen molar-refractivity contribution in [1.29, 1.82) is 0 Å². The van der Waals surface area contributed by atoms with E-state index in [4.69, 9.17) is 14.7 Å². The van der Waals surface area contributed by atoms with Gasteiger partial charge >= 0.3 is 130 Å². The zero-order valence-electron chi connectivity index (χ0n) is 2.61. The van der Waals surface area contributed by atoms with E-state index in [0.29, 0.717) is 0 Å². The second-order valence-corrected chi connectivity index (χ2v) is 2.95. The second-order valence-electron chi connectivity index (χ2n) is 0.982. The monoisotopic (exact) mass is 224 g/mol. The van der Waals surface area contributed by atoms with Crippen molar-refractivity contribution in [3.63, 3.8) is 0 Å². The third-order valence-corrected chi connectivity index (χ3v) is 0.824. The Morgan fingerprint density at radius 1 is 0.889 bits per heavy atom. The quantitative estimate of drug-likeness (QED) is 0.171. The minimum Gasteiger partial charge on any atom is 0.316 e. The SMILES string of the molecule is OP1(O)(O)OO1.[CaH2].[CaH2].[MgH2]. The van der Waals surface area contributed by atoms with Gasteiger partial charge < -0.3 is 0 Å². The van der Waals surface area contributed by atoms with E-state index in [1.165, 1.54) is 0 Å². The molecule has 0 aromatic carbocycles. The summed E-state index contributed by atoms with van der Waals surface area (Å²) in [5, 5.41) is 0. The molecule has 1 saturated heterocycles. The van der Waals surface area contributed by atoms with E-state index in [1.807, 2.05) is 0 Å². The molecule has 1 aliphatic rings. The molecule has 0 amide bonds. The van der Waals surface area contributed by atoms with Gasteiger partial charge in [0, 0.05) is 0 Å². The van der Waals surface area contributed by atoms with Crippen LogP contribution in [0.3, 0.4) is 0 Å². The Morgan fingerprint density at radius 2 is 1.00 bits per heavy atom. The van der Waals surface area contributed by atoms with E-state index >= 15 is 0 Å². The summed E-state index contributed by atoms with van der Waals surface area (Å²) in [6.45, 7) is 0. The van der Waals surface area contributed by atoms with Gasteiger partial charge in [-0.1, -0.05) is 0 Å². The van der Waals surface area contributed by atoms with E-state index in [1.54, 1.807) is 0 Å². The average Bonchev–Trinajstić information content (AvgIpc) is 1.73. The van der Waals surface area contributed by atoms with Crippen LogP contribution in [0.15, 0.2) is 0 Å². The summed E-state index contributed by atoms with van der Waals surface area (Å²) in [6.07, 6.45) is 0. The van der Waals surface area contributed by atoms with Crippen molar-refractivity contribution in [1.82, 2.24) is 0 Å². The maximum atomic E-state index is 7.89. The van der Waals surface area contributed by atoms with Crippen molar-refractivity contribution in [3.8, 4) is 0 Å². The van der Waals surface area contributed by atoms with Crippen LogP contribution in [-0.2, 0) is 9.35 Å². The molecule has 50 valence electrons. The van der Waals surface area contributed by atoms with Gasteiger partial charge in [-0.05, 0) is 0 Å². The summed E-state index contributed by atoms with van der Waals surface area (Å²) < 4.78 is 6.76. The molecular weight excluding hydrogens is 215 g/mol. The predicted octanol–water partition coefficient (Wildman–Crippen LogP) is -3.70. The Bertz CT molecular complexity index is 78.7. The third kappa shape index (κ3) is 9.43. The molecule has 0 spiro atoms. The van der Waals surface area contributed by atoms with Crippen LogP contribution in [0.4, 0.5) is 0 Å². The largest absolute Gasteiger partial charge is 0.316 e. The van der Waals surface area contributed by atoms with Crippen molar-refractivity contribution in [2.75, 3.05) is 0 Å². The molecule has 0 bridgehead atoms. The van der Waals surface area contributed by atoms with Gasteiger partial charge in [0.25, 0.3) is 0 Å². The predicted molar refractivity (Wildman–Crippen MR) is 41.4 cm³/mol. The van der Waals surface area contributed by atoms with E-state index in [0.717, 1.165) is 0 Å². The van der Waals surface area contributed by atoms with Crippen molar-refractivity contribution in [2.24, 2.45) is 0 Å². The molecule has 1 fully saturated rings. The first-order chi connectivity index (χ1) is 2.47. The molecule has 0 aromatic heterocycles. The van der Waals surface area contributed by atoms with Crippen LogP contribution in [0.5, 0.6) is 0 Å². The molecule has 0 aromatic rings. The molecule has 0 radical (unpaired) electrons. The minimum absolute atomic E-state index is 0. The van der Waals surface area contributed by atoms with Crippen LogP contribution >= 0.6 is 7.74 Å². The Balaban J connectivity index is -0.000000120. The zero-order valence-corrected chi connectivity index (χ0v) is 3.50. The Hall–Kier alpha value is 3.52. The van der Waals surface area contributed by atoms with E-state index in [2.05, 4.69) is 9.35 Å². The summed E-state index contributed by atoms with van der Waals surface area (Å²) in [6, 6.07) is 0. The van der Waals surface area contributed by atoms with Gasteiger partial charge in [-0.15, -0.1) is 0 Å². The molecule has 1 rings (SSSR count). The van der Waals surface area contributed by atoms with Crippen molar-refractivity contribution in [3.05, 3.63) is 0 Å². The van der Waals surface area contributed by atoms with Crippen LogP contribution in [0.2, 0.25) is 0 Å². The fourth-order valence-electron chi connectivity index (χ4n) is 0.0447. The maximum Gasteiger partial charge on any atom is 0.316 e. The first kappa shape index (κ1) is 18.3. The summed E-state index contributed by atoms with van der Waals surface area (Å²) >= 11 is 0. The van der Waals surface area contributed by atoms with Crippen LogP contribution in [0.25, 0.3) is 0 Å². The molecular formula is H9Ca2MgO5P. The third-order valence-electron chi connectivity index (χ3n) is 0.275. The minimum atomic E-state index is -4.80. The molecule has 3 N–H and O–H groups in total. The molecule has 0 saturated carbocycles. The van der Waals surface area contributed by atoms with Crippen LogP contribution < -0.4 is 0 Å². The summed E-state index contributed by atoms with van der Waals surface area (Å²) in [5.41, 5.74) is 0. The van der Waals surface area contributed by atoms with Gasteiger partial charge in [-0.3, -0.25) is 0 Å². The Labute approximate surface area is 128 Å². The Kier molecular flexibility index (Phi) is 10.8. The van der Waals surface area contributed by atoms with Crippen molar-refractivity contribution >= 4 is 106 Å². The fourth-order valence-corrected chi connectivity index (χ4v) is 0.402. The van der Waals surface area contributed by atoms with Crippen LogP contribution in [-0.4, -0.2) is 113 Å². The zero-order chi connectivity index (χ0) is 4.86. The summed E-state index contributed by atoms with van der Waals surface area (Å²) in [4.78, 5) is 23.7. The fraction of sp³-hybridized carbons (Fsp3) is 0. The molecule has 0 aliphatic carbocycles. The van der Waals surface area contributed by atoms with Gasteiger partial charge in [0.15, 0.2) is 0 Å². The smallest absolute Gasteiger partial charge is 0.316 e. The molecule has 9 heteroatoms. The van der Waals surface area contributed by atoms with Gasteiger partial charge in [0.2, 0.25) is 0 Å². The van der Waals surface area contributed by atoms with Crippen LogP contribution in [0, 0.1) is 0 Å². The van der Waals surface area contributed by atoms with Gasteiger partial charge in [0.05, 0.1) is 0 Å². The van der Waals surface area contributed by atoms with Crippen molar-refractivity contribution in [2.45, 2.75) is 0 Å². The molecule has 1 heterocycles. The van der Waals surface area contributed by atoms with Gasteiger partial charge in [0.1, 0.15) is 0 Å². The molecule has 5 nitrogen and oxygen atoms in total. The van der Waals surface area contributed by atoms with Crippen LogP contribution in [0.1, 0.15) is 0 Å². The van der Waals surface area contributed by atoms with E-state index in [-0.39, 0.29) is 98.5 Å². The molecule has 9 heavy (non-hydrogen) atoms. The molecule has 0 unspecified atom stereocenters. The average molecular weight is 225 g/mol. The number of hydrogen-bond acceptors (Lipinski definition) is 5. The van der Waals surface area contributed by atoms with E-state index < -0.39 is 7.74 Å². The number of hydrogen-bond donors (Lipinski definition) is 3. The maximum absolute atomic E-state index is 7.89. The van der Waals surface area contributed by atoms with Crippen molar-refractivity contribution < 1.29 is 24.0 Å². The van der Waals surface area contributed by atoms with E-state index in [9.17, 15) is 0 Å². The first-order valence-corrected chi connectivity index (χ1v) is 3.06. The second kappa shape index (κ2) is 5.29. The Morgan fingerprint density at radius 3 is 1.00 bits per heavy atom. The first-order valence-electron chi connectivity index (χ1n) is 1.13. The number of rotatable bonds is 0. The normalized spacial score (nSPS) is 28.6. The molecule has 0 atom stereocenters. The topological polar surface area (TPSA) is 85.8 Å². The van der Waals surface area contributed by atoms with Gasteiger partial charge in [-0.2, -0.15) is 0 Å². The summed E-state index contributed by atoms with van der Waals surface area (Å²) in [5.74, 6) is 0.